The molecule has 130 valence electrons. The van der Waals surface area contributed by atoms with Gasteiger partial charge in [-0.25, -0.2) is 4.39 Å². The lowest BCUT2D eigenvalue weighted by Gasteiger charge is -2.11. The number of nitrogens with one attached hydrogen (secondary N) is 1. The number of aliphatic hydroxyl groups excluding tert-OH is 1. The number of aromatic nitrogens is 1. The van der Waals surface area contributed by atoms with Crippen molar-refractivity contribution >= 4 is 12.0 Å². The Kier molecular flexibility index (Phi) is 5.09. The molecule has 1 amide bonds. The molecule has 0 saturated heterocycles. The second kappa shape index (κ2) is 7.44. The van der Waals surface area contributed by atoms with Crippen LogP contribution < -0.4 is 10.1 Å². The van der Waals surface area contributed by atoms with Gasteiger partial charge in [-0.3, -0.25) is 9.78 Å². The minimum absolute atomic E-state index is 0.0839. The number of carbonyl (C=O) groups excluding carboxylic acids is 1. The Morgan fingerprint density at radius 3 is 2.88 bits per heavy atom. The van der Waals surface area contributed by atoms with E-state index in [0.29, 0.717) is 17.9 Å². The Bertz CT molecular complexity index is 773. The number of amides is 1. The molecule has 1 aromatic carbocycles. The number of hydrogen-bond acceptors (Lipinski definition) is 4. The molecule has 0 bridgehead atoms. The highest BCUT2D eigenvalue weighted by Crippen LogP contribution is 2.44. The number of pyridine rings is 1. The third kappa shape index (κ3) is 4.64. The van der Waals surface area contributed by atoms with E-state index in [1.165, 1.54) is 30.5 Å². The van der Waals surface area contributed by atoms with E-state index in [4.69, 9.17) is 4.74 Å². The molecule has 1 heterocycles. The molecular weight excluding hydrogens is 323 g/mol. The third-order valence-electron chi connectivity index (χ3n) is 4.18. The summed E-state index contributed by atoms with van der Waals surface area (Å²) in [6.07, 6.45) is 7.84. The molecule has 1 aromatic heterocycles. The lowest BCUT2D eigenvalue weighted by molar-refractivity contribution is -0.116. The third-order valence-corrected chi connectivity index (χ3v) is 4.18. The molecule has 1 saturated carbocycles. The summed E-state index contributed by atoms with van der Waals surface area (Å²) in [4.78, 5) is 15.7. The van der Waals surface area contributed by atoms with Crippen molar-refractivity contribution in [3.05, 3.63) is 60.2 Å². The molecule has 0 unspecified atom stereocenters. The van der Waals surface area contributed by atoms with Crippen LogP contribution in [-0.4, -0.2) is 29.1 Å². The summed E-state index contributed by atoms with van der Waals surface area (Å²) < 4.78 is 19.5. The standard InChI is InChI=1S/C19H19FN2O3/c20-16-10-14(3-5-17(16)25-15-2-1-9-21-11-15)4-6-18(24)22-12-19(13-23)7-8-19/h1-6,9-11,23H,7-8,12-13H2,(H,22,24)/b6-4+. The SMILES string of the molecule is O=C(/C=C/c1ccc(Oc2cccnc2)c(F)c1)NCC1(CO)CC1. The topological polar surface area (TPSA) is 71.5 Å². The molecule has 6 heteroatoms. The summed E-state index contributed by atoms with van der Waals surface area (Å²) in [5, 5.41) is 12.0. The van der Waals surface area contributed by atoms with Crippen molar-refractivity contribution in [3.63, 3.8) is 0 Å². The quantitative estimate of drug-likeness (QED) is 0.759. The highest BCUT2D eigenvalue weighted by atomic mass is 19.1. The summed E-state index contributed by atoms with van der Waals surface area (Å²) in [6.45, 7) is 0.541. The van der Waals surface area contributed by atoms with Crippen LogP contribution in [-0.2, 0) is 4.79 Å². The number of benzene rings is 1. The molecule has 5 nitrogen and oxygen atoms in total. The van der Waals surface area contributed by atoms with Gasteiger partial charge in [-0.2, -0.15) is 0 Å². The van der Waals surface area contributed by atoms with Gasteiger partial charge < -0.3 is 15.2 Å². The predicted molar refractivity (Wildman–Crippen MR) is 91.5 cm³/mol. The second-order valence-electron chi connectivity index (χ2n) is 6.19. The number of ether oxygens (including phenoxy) is 1. The molecule has 3 rings (SSSR count). The van der Waals surface area contributed by atoms with Crippen LogP contribution in [0.2, 0.25) is 0 Å². The number of aliphatic hydroxyl groups is 1. The van der Waals surface area contributed by atoms with E-state index < -0.39 is 5.82 Å². The van der Waals surface area contributed by atoms with Crippen molar-refractivity contribution in [2.45, 2.75) is 12.8 Å². The van der Waals surface area contributed by atoms with E-state index in [9.17, 15) is 14.3 Å². The van der Waals surface area contributed by atoms with Crippen LogP contribution in [0.3, 0.4) is 0 Å². The molecule has 0 aliphatic heterocycles. The van der Waals surface area contributed by atoms with Gasteiger partial charge in [-0.15, -0.1) is 0 Å². The van der Waals surface area contributed by atoms with Gasteiger partial charge in [0, 0.05) is 24.2 Å². The first-order valence-corrected chi connectivity index (χ1v) is 8.04. The van der Waals surface area contributed by atoms with E-state index in [1.54, 1.807) is 24.4 Å². The van der Waals surface area contributed by atoms with Crippen molar-refractivity contribution in [2.24, 2.45) is 5.41 Å². The van der Waals surface area contributed by atoms with Gasteiger partial charge in [0.2, 0.25) is 5.91 Å². The summed E-state index contributed by atoms with van der Waals surface area (Å²) in [5.74, 6) is -0.255. The van der Waals surface area contributed by atoms with Crippen LogP contribution in [0, 0.1) is 11.2 Å². The largest absolute Gasteiger partial charge is 0.453 e. The minimum Gasteiger partial charge on any atom is -0.453 e. The Morgan fingerprint density at radius 1 is 1.40 bits per heavy atom. The first-order chi connectivity index (χ1) is 12.1. The summed E-state index contributed by atoms with van der Waals surface area (Å²) in [7, 11) is 0. The second-order valence-corrected chi connectivity index (χ2v) is 6.19. The maximum atomic E-state index is 14.1. The molecule has 1 fully saturated rings. The van der Waals surface area contributed by atoms with Crippen molar-refractivity contribution in [2.75, 3.05) is 13.2 Å². The molecule has 0 atom stereocenters. The zero-order valence-electron chi connectivity index (χ0n) is 13.6. The minimum atomic E-state index is -0.524. The smallest absolute Gasteiger partial charge is 0.244 e. The summed E-state index contributed by atoms with van der Waals surface area (Å²) in [6, 6.07) is 7.85. The van der Waals surface area contributed by atoms with Crippen LogP contribution in [0.1, 0.15) is 18.4 Å². The first-order valence-electron chi connectivity index (χ1n) is 8.04. The van der Waals surface area contributed by atoms with Gasteiger partial charge in [0.15, 0.2) is 11.6 Å². The fraction of sp³-hybridized carbons (Fsp3) is 0.263. The van der Waals surface area contributed by atoms with E-state index in [1.807, 2.05) is 0 Å². The van der Waals surface area contributed by atoms with Crippen LogP contribution in [0.25, 0.3) is 6.08 Å². The van der Waals surface area contributed by atoms with E-state index >= 15 is 0 Å². The van der Waals surface area contributed by atoms with Gasteiger partial charge in [0.05, 0.1) is 12.8 Å². The van der Waals surface area contributed by atoms with E-state index in [2.05, 4.69) is 10.3 Å². The molecule has 0 radical (unpaired) electrons. The lowest BCUT2D eigenvalue weighted by atomic mass is 10.1. The van der Waals surface area contributed by atoms with Crippen LogP contribution in [0.15, 0.2) is 48.8 Å². The average Bonchev–Trinajstić information content (AvgIpc) is 3.42. The summed E-state index contributed by atoms with van der Waals surface area (Å²) in [5.41, 5.74) is 0.412. The van der Waals surface area contributed by atoms with Crippen molar-refractivity contribution in [1.82, 2.24) is 10.3 Å². The number of carbonyl (C=O) groups is 1. The van der Waals surface area contributed by atoms with Gasteiger partial charge in [-0.05, 0) is 48.7 Å². The molecular formula is C19H19FN2O3. The maximum absolute atomic E-state index is 14.1. The average molecular weight is 342 g/mol. The highest BCUT2D eigenvalue weighted by molar-refractivity contribution is 5.91. The number of halogens is 1. The Hall–Kier alpha value is -2.73. The van der Waals surface area contributed by atoms with Gasteiger partial charge in [0.1, 0.15) is 5.75 Å². The monoisotopic (exact) mass is 342 g/mol. The van der Waals surface area contributed by atoms with Crippen LogP contribution in [0.5, 0.6) is 11.5 Å². The number of rotatable bonds is 7. The molecule has 1 aliphatic carbocycles. The molecule has 1 aliphatic rings. The van der Waals surface area contributed by atoms with Gasteiger partial charge in [0.25, 0.3) is 0 Å². The zero-order valence-corrected chi connectivity index (χ0v) is 13.6. The number of hydrogen-bond donors (Lipinski definition) is 2. The van der Waals surface area contributed by atoms with E-state index in [-0.39, 0.29) is 23.7 Å². The van der Waals surface area contributed by atoms with Crippen LogP contribution in [0.4, 0.5) is 4.39 Å². The fourth-order valence-electron chi connectivity index (χ4n) is 2.31. The Balaban J connectivity index is 1.57. The zero-order chi connectivity index (χ0) is 17.7. The normalized spacial score (nSPS) is 15.1. The summed E-state index contributed by atoms with van der Waals surface area (Å²) >= 11 is 0. The van der Waals surface area contributed by atoms with Crippen LogP contribution >= 0.6 is 0 Å². The first kappa shape index (κ1) is 17.1. The molecule has 2 N–H and O–H groups in total. The van der Waals surface area contributed by atoms with Crippen molar-refractivity contribution in [3.8, 4) is 11.5 Å². The van der Waals surface area contributed by atoms with Crippen molar-refractivity contribution in [1.29, 1.82) is 0 Å². The maximum Gasteiger partial charge on any atom is 0.244 e. The molecule has 2 aromatic rings. The molecule has 25 heavy (non-hydrogen) atoms. The Labute approximate surface area is 145 Å². The van der Waals surface area contributed by atoms with E-state index in [0.717, 1.165) is 12.8 Å². The Morgan fingerprint density at radius 2 is 2.24 bits per heavy atom. The van der Waals surface area contributed by atoms with Gasteiger partial charge >= 0.3 is 0 Å². The van der Waals surface area contributed by atoms with Gasteiger partial charge in [-0.1, -0.05) is 6.07 Å². The highest BCUT2D eigenvalue weighted by Gasteiger charge is 2.41. The molecule has 0 spiro atoms. The lowest BCUT2D eigenvalue weighted by Crippen LogP contribution is -2.30. The fourth-order valence-corrected chi connectivity index (χ4v) is 2.31. The predicted octanol–water partition coefficient (Wildman–Crippen LogP) is 2.91. The number of nitrogens with zero attached hydrogens (tertiary/aromatic N) is 1. The van der Waals surface area contributed by atoms with Crippen molar-refractivity contribution < 1.29 is 19.0 Å².